The number of benzene rings is 2. The highest BCUT2D eigenvalue weighted by Gasteiger charge is 2.11. The van der Waals surface area contributed by atoms with Crippen LogP contribution in [-0.2, 0) is 6.42 Å². The Morgan fingerprint density at radius 1 is 1.05 bits per heavy atom. The van der Waals surface area contributed by atoms with Gasteiger partial charge in [0, 0.05) is 4.47 Å². The van der Waals surface area contributed by atoms with Crippen molar-refractivity contribution in [2.75, 3.05) is 0 Å². The molecule has 19 heavy (non-hydrogen) atoms. The smallest absolute Gasteiger partial charge is 0.0500 e. The second-order valence-electron chi connectivity index (χ2n) is 4.97. The molecule has 2 aromatic carbocycles. The topological polar surface area (TPSA) is 38.0 Å². The van der Waals surface area contributed by atoms with Gasteiger partial charge >= 0.3 is 0 Å². The van der Waals surface area contributed by atoms with E-state index in [0.717, 1.165) is 10.9 Å². The Labute approximate surface area is 123 Å². The normalized spacial score (nSPS) is 12.4. The first-order valence-corrected chi connectivity index (χ1v) is 7.16. The average molecular weight is 319 g/mol. The van der Waals surface area contributed by atoms with Crippen LogP contribution in [0.15, 0.2) is 46.9 Å². The number of halogens is 1. The maximum Gasteiger partial charge on any atom is 0.0500 e. The molecule has 0 aromatic heterocycles. The van der Waals surface area contributed by atoms with Crippen LogP contribution in [0, 0.1) is 13.8 Å². The molecule has 0 bridgehead atoms. The molecule has 0 radical (unpaired) electrons. The third kappa shape index (κ3) is 3.90. The number of rotatable bonds is 4. The van der Waals surface area contributed by atoms with Gasteiger partial charge in [-0.25, -0.2) is 0 Å². The fraction of sp³-hybridized carbons (Fsp3) is 0.250. The Balaban J connectivity index is 2.22. The first-order chi connectivity index (χ1) is 9.08. The van der Waals surface area contributed by atoms with E-state index in [9.17, 15) is 0 Å². The van der Waals surface area contributed by atoms with E-state index in [2.05, 4.69) is 77.7 Å². The molecule has 0 heterocycles. The SMILES string of the molecule is Cc1ccc(CC(NN)c2cc(C)cc(Br)c2)cc1. The second kappa shape index (κ2) is 6.33. The molecule has 1 atom stereocenters. The minimum absolute atomic E-state index is 0.124. The van der Waals surface area contributed by atoms with Gasteiger partial charge in [-0.3, -0.25) is 11.3 Å². The fourth-order valence-electron chi connectivity index (χ4n) is 2.20. The van der Waals surface area contributed by atoms with Crippen LogP contribution in [-0.4, -0.2) is 0 Å². The predicted octanol–water partition coefficient (Wildman–Crippen LogP) is 3.81. The van der Waals surface area contributed by atoms with Crippen LogP contribution in [0.3, 0.4) is 0 Å². The Morgan fingerprint density at radius 3 is 2.32 bits per heavy atom. The van der Waals surface area contributed by atoms with Crippen LogP contribution >= 0.6 is 15.9 Å². The van der Waals surface area contributed by atoms with E-state index in [1.807, 2.05) is 0 Å². The molecule has 0 fully saturated rings. The van der Waals surface area contributed by atoms with E-state index >= 15 is 0 Å². The van der Waals surface area contributed by atoms with Crippen molar-refractivity contribution in [3.63, 3.8) is 0 Å². The molecule has 3 heteroatoms. The lowest BCUT2D eigenvalue weighted by Gasteiger charge is -2.17. The van der Waals surface area contributed by atoms with Gasteiger partial charge in [-0.1, -0.05) is 51.8 Å². The van der Waals surface area contributed by atoms with Gasteiger partial charge < -0.3 is 0 Å². The summed E-state index contributed by atoms with van der Waals surface area (Å²) < 4.78 is 1.09. The van der Waals surface area contributed by atoms with E-state index in [-0.39, 0.29) is 6.04 Å². The van der Waals surface area contributed by atoms with E-state index in [0.29, 0.717) is 0 Å². The lowest BCUT2D eigenvalue weighted by molar-refractivity contribution is 0.551. The molecule has 3 N–H and O–H groups in total. The van der Waals surface area contributed by atoms with Gasteiger partial charge in [0.15, 0.2) is 0 Å². The quantitative estimate of drug-likeness (QED) is 0.664. The minimum Gasteiger partial charge on any atom is -0.271 e. The number of hydrazine groups is 1. The van der Waals surface area contributed by atoms with Gasteiger partial charge in [0.25, 0.3) is 0 Å². The minimum atomic E-state index is 0.124. The van der Waals surface area contributed by atoms with Gasteiger partial charge in [0.05, 0.1) is 6.04 Å². The second-order valence-corrected chi connectivity index (χ2v) is 5.89. The van der Waals surface area contributed by atoms with Crippen molar-refractivity contribution in [3.8, 4) is 0 Å². The Bertz CT molecular complexity index is 529. The fourth-order valence-corrected chi connectivity index (χ4v) is 2.82. The van der Waals surface area contributed by atoms with Crippen molar-refractivity contribution >= 4 is 15.9 Å². The van der Waals surface area contributed by atoms with Crippen molar-refractivity contribution in [1.82, 2.24) is 5.43 Å². The van der Waals surface area contributed by atoms with Gasteiger partial charge in [-0.15, -0.1) is 0 Å². The molecule has 2 rings (SSSR count). The lowest BCUT2D eigenvalue weighted by Crippen LogP contribution is -2.29. The van der Waals surface area contributed by atoms with Gasteiger partial charge in [0.1, 0.15) is 0 Å². The van der Waals surface area contributed by atoms with Gasteiger partial charge in [-0.05, 0) is 49.1 Å². The van der Waals surface area contributed by atoms with Crippen LogP contribution in [0.25, 0.3) is 0 Å². The molecular weight excluding hydrogens is 300 g/mol. The van der Waals surface area contributed by atoms with E-state index in [1.165, 1.54) is 22.3 Å². The molecule has 0 saturated heterocycles. The van der Waals surface area contributed by atoms with Crippen molar-refractivity contribution in [2.24, 2.45) is 5.84 Å². The number of aryl methyl sites for hydroxylation is 2. The number of hydrogen-bond donors (Lipinski definition) is 2. The highest BCUT2D eigenvalue weighted by Crippen LogP contribution is 2.23. The van der Waals surface area contributed by atoms with Gasteiger partial charge in [0.2, 0.25) is 0 Å². The molecular formula is C16H19BrN2. The van der Waals surface area contributed by atoms with E-state index < -0.39 is 0 Å². The molecule has 0 aliphatic rings. The summed E-state index contributed by atoms with van der Waals surface area (Å²) >= 11 is 3.54. The van der Waals surface area contributed by atoms with Crippen molar-refractivity contribution < 1.29 is 0 Å². The molecule has 1 unspecified atom stereocenters. The van der Waals surface area contributed by atoms with Crippen LogP contribution in [0.2, 0.25) is 0 Å². The average Bonchev–Trinajstić information content (AvgIpc) is 2.37. The zero-order valence-electron chi connectivity index (χ0n) is 11.3. The molecule has 0 amide bonds. The van der Waals surface area contributed by atoms with E-state index in [4.69, 9.17) is 5.84 Å². The van der Waals surface area contributed by atoms with Crippen LogP contribution in [0.4, 0.5) is 0 Å². The number of nitrogens with one attached hydrogen (secondary N) is 1. The molecule has 0 aliphatic heterocycles. The summed E-state index contributed by atoms with van der Waals surface area (Å²) in [6, 6.07) is 15.1. The molecule has 0 aliphatic carbocycles. The Kier molecular flexibility index (Phi) is 4.75. The van der Waals surface area contributed by atoms with Crippen molar-refractivity contribution in [1.29, 1.82) is 0 Å². The third-order valence-electron chi connectivity index (χ3n) is 3.23. The van der Waals surface area contributed by atoms with E-state index in [1.54, 1.807) is 0 Å². The van der Waals surface area contributed by atoms with Crippen LogP contribution in [0.5, 0.6) is 0 Å². The van der Waals surface area contributed by atoms with Crippen LogP contribution in [0.1, 0.15) is 28.3 Å². The zero-order chi connectivity index (χ0) is 13.8. The van der Waals surface area contributed by atoms with Crippen LogP contribution < -0.4 is 11.3 Å². The van der Waals surface area contributed by atoms with Gasteiger partial charge in [-0.2, -0.15) is 0 Å². The standard InChI is InChI=1S/C16H19BrN2/c1-11-3-5-13(6-4-11)9-16(19-18)14-7-12(2)8-15(17)10-14/h3-8,10,16,19H,9,18H2,1-2H3. The monoisotopic (exact) mass is 318 g/mol. The molecule has 2 nitrogen and oxygen atoms in total. The molecule has 0 saturated carbocycles. The predicted molar refractivity (Wildman–Crippen MR) is 83.8 cm³/mol. The molecule has 2 aromatic rings. The lowest BCUT2D eigenvalue weighted by atomic mass is 9.97. The highest BCUT2D eigenvalue weighted by molar-refractivity contribution is 9.10. The van der Waals surface area contributed by atoms with Crippen molar-refractivity contribution in [3.05, 3.63) is 69.2 Å². The highest BCUT2D eigenvalue weighted by atomic mass is 79.9. The molecule has 100 valence electrons. The maximum atomic E-state index is 5.72. The summed E-state index contributed by atoms with van der Waals surface area (Å²) in [6.45, 7) is 4.19. The number of hydrogen-bond acceptors (Lipinski definition) is 2. The Hall–Kier alpha value is -1.16. The first-order valence-electron chi connectivity index (χ1n) is 6.37. The maximum absolute atomic E-state index is 5.72. The summed E-state index contributed by atoms with van der Waals surface area (Å²) in [5.41, 5.74) is 7.91. The Morgan fingerprint density at radius 2 is 1.74 bits per heavy atom. The first kappa shape index (κ1) is 14.3. The summed E-state index contributed by atoms with van der Waals surface area (Å²) in [4.78, 5) is 0. The molecule has 0 spiro atoms. The summed E-state index contributed by atoms with van der Waals surface area (Å²) in [5, 5.41) is 0. The summed E-state index contributed by atoms with van der Waals surface area (Å²) in [5.74, 6) is 5.72. The third-order valence-corrected chi connectivity index (χ3v) is 3.69. The summed E-state index contributed by atoms with van der Waals surface area (Å²) in [7, 11) is 0. The number of nitrogens with two attached hydrogens (primary N) is 1. The van der Waals surface area contributed by atoms with Crippen molar-refractivity contribution in [2.45, 2.75) is 26.3 Å². The largest absolute Gasteiger partial charge is 0.271 e. The summed E-state index contributed by atoms with van der Waals surface area (Å²) in [6.07, 6.45) is 0.882. The zero-order valence-corrected chi connectivity index (χ0v) is 12.9.